The molecule has 2 rings (SSSR count). The van der Waals surface area contributed by atoms with Crippen LogP contribution in [0.1, 0.15) is 50.5 Å². The summed E-state index contributed by atoms with van der Waals surface area (Å²) < 4.78 is 0. The van der Waals surface area contributed by atoms with Gasteiger partial charge in [-0.2, -0.15) is 0 Å². The molecule has 0 saturated heterocycles. The molecule has 1 aliphatic carbocycles. The van der Waals surface area contributed by atoms with Crippen LogP contribution in [0, 0.1) is 5.92 Å². The smallest absolute Gasteiger partial charge is 0.183 e. The maximum Gasteiger partial charge on any atom is 0.183 e. The van der Waals surface area contributed by atoms with Crippen LogP contribution >= 0.6 is 0 Å². The average Bonchev–Trinajstić information content (AvgIpc) is 2.57. The van der Waals surface area contributed by atoms with E-state index < -0.39 is 6.10 Å². The Kier molecular flexibility index (Phi) is 7.21. The van der Waals surface area contributed by atoms with Crippen LogP contribution in [-0.4, -0.2) is 22.8 Å². The van der Waals surface area contributed by atoms with E-state index in [2.05, 4.69) is 12.1 Å². The second kappa shape index (κ2) is 9.41. The van der Waals surface area contributed by atoms with Gasteiger partial charge in [-0.15, -0.1) is 0 Å². The predicted octanol–water partition coefficient (Wildman–Crippen LogP) is 3.64. The van der Waals surface area contributed by atoms with Crippen molar-refractivity contribution in [1.82, 2.24) is 0 Å². The van der Waals surface area contributed by atoms with Crippen molar-refractivity contribution < 1.29 is 14.7 Å². The number of ketones is 2. The first-order valence-electron chi connectivity index (χ1n) is 8.61. The fourth-order valence-electron chi connectivity index (χ4n) is 3.02. The molecule has 0 amide bonds. The predicted molar refractivity (Wildman–Crippen MR) is 91.1 cm³/mol. The molecular weight excluding hydrogens is 288 g/mol. The lowest BCUT2D eigenvalue weighted by Crippen LogP contribution is -2.19. The second-order valence-corrected chi connectivity index (χ2v) is 6.40. The van der Waals surface area contributed by atoms with Crippen LogP contribution in [0.4, 0.5) is 0 Å². The van der Waals surface area contributed by atoms with Gasteiger partial charge in [0, 0.05) is 12.8 Å². The zero-order valence-corrected chi connectivity index (χ0v) is 13.6. The number of allylic oxidation sites excluding steroid dienone is 1. The Morgan fingerprint density at radius 2 is 2.04 bits per heavy atom. The number of carbonyl (C=O) groups is 2. The number of carbonyl (C=O) groups excluding carboxylic acids is 2. The maximum absolute atomic E-state index is 11.9. The molecule has 124 valence electrons. The molecule has 1 aromatic rings. The van der Waals surface area contributed by atoms with Gasteiger partial charge in [0.25, 0.3) is 0 Å². The molecule has 0 aromatic heterocycles. The molecule has 23 heavy (non-hydrogen) atoms. The second-order valence-electron chi connectivity index (χ2n) is 6.40. The standard InChI is InChI=1S/C20H26O3/c21-18-11-6-10-17(15-18)13-14-20(23)19(22)12-5-4-9-16-7-2-1-3-8-16/h1-3,7-8,13-14,17,19,22H,4-6,9-12,15H2/b14-13+/t17-,19+/m1/s1. The van der Waals surface area contributed by atoms with Crippen LogP contribution in [0.15, 0.2) is 42.5 Å². The summed E-state index contributed by atoms with van der Waals surface area (Å²) in [5.41, 5.74) is 1.29. The van der Waals surface area contributed by atoms with Crippen molar-refractivity contribution >= 4 is 11.6 Å². The third kappa shape index (κ3) is 6.49. The minimum absolute atomic E-state index is 0.172. The van der Waals surface area contributed by atoms with Crippen molar-refractivity contribution in [2.75, 3.05) is 0 Å². The lowest BCUT2D eigenvalue weighted by molar-refractivity contribution is -0.123. The van der Waals surface area contributed by atoms with Gasteiger partial charge >= 0.3 is 0 Å². The summed E-state index contributed by atoms with van der Waals surface area (Å²) in [5, 5.41) is 9.93. The zero-order valence-electron chi connectivity index (χ0n) is 13.6. The summed E-state index contributed by atoms with van der Waals surface area (Å²) in [6.07, 6.45) is 8.72. The highest BCUT2D eigenvalue weighted by Gasteiger charge is 2.18. The summed E-state index contributed by atoms with van der Waals surface area (Å²) in [6, 6.07) is 10.2. The van der Waals surface area contributed by atoms with Crippen molar-refractivity contribution in [2.24, 2.45) is 5.92 Å². The van der Waals surface area contributed by atoms with Crippen molar-refractivity contribution in [3.8, 4) is 0 Å². The largest absolute Gasteiger partial charge is 0.385 e. The molecule has 1 fully saturated rings. The molecule has 1 saturated carbocycles. The van der Waals surface area contributed by atoms with E-state index in [1.165, 1.54) is 11.6 Å². The van der Waals surface area contributed by atoms with Crippen LogP contribution in [-0.2, 0) is 16.0 Å². The van der Waals surface area contributed by atoms with Crippen LogP contribution in [0.25, 0.3) is 0 Å². The summed E-state index contributed by atoms with van der Waals surface area (Å²) in [6.45, 7) is 0. The van der Waals surface area contributed by atoms with E-state index in [1.54, 1.807) is 0 Å². The van der Waals surface area contributed by atoms with E-state index in [9.17, 15) is 14.7 Å². The molecule has 2 atom stereocenters. The fraction of sp³-hybridized carbons (Fsp3) is 0.500. The van der Waals surface area contributed by atoms with Gasteiger partial charge in [0.2, 0.25) is 0 Å². The van der Waals surface area contributed by atoms with Crippen LogP contribution in [0.3, 0.4) is 0 Å². The number of Topliss-reactive ketones (excluding diaryl/α,β-unsaturated/α-hetero) is 1. The van der Waals surface area contributed by atoms with Crippen molar-refractivity contribution in [2.45, 2.75) is 57.5 Å². The highest BCUT2D eigenvalue weighted by Crippen LogP contribution is 2.22. The van der Waals surface area contributed by atoms with E-state index in [0.29, 0.717) is 19.3 Å². The molecule has 0 radical (unpaired) electrons. The lowest BCUT2D eigenvalue weighted by Gasteiger charge is -2.17. The highest BCUT2D eigenvalue weighted by atomic mass is 16.3. The highest BCUT2D eigenvalue weighted by molar-refractivity contribution is 5.93. The Labute approximate surface area is 138 Å². The Hall–Kier alpha value is -1.74. The monoisotopic (exact) mass is 314 g/mol. The van der Waals surface area contributed by atoms with Gasteiger partial charge in [-0.05, 0) is 49.7 Å². The number of hydrogen-bond acceptors (Lipinski definition) is 3. The van der Waals surface area contributed by atoms with E-state index in [1.807, 2.05) is 24.3 Å². The maximum atomic E-state index is 11.9. The molecule has 1 aliphatic rings. The van der Waals surface area contributed by atoms with E-state index in [4.69, 9.17) is 0 Å². The van der Waals surface area contributed by atoms with Crippen molar-refractivity contribution in [1.29, 1.82) is 0 Å². The van der Waals surface area contributed by atoms with Gasteiger partial charge in [0.15, 0.2) is 5.78 Å². The van der Waals surface area contributed by atoms with Crippen molar-refractivity contribution in [3.05, 3.63) is 48.0 Å². The summed E-state index contributed by atoms with van der Waals surface area (Å²) in [7, 11) is 0. The first-order chi connectivity index (χ1) is 11.1. The number of aliphatic hydroxyl groups excluding tert-OH is 1. The molecule has 1 N–H and O–H groups in total. The van der Waals surface area contributed by atoms with E-state index in [-0.39, 0.29) is 17.5 Å². The summed E-state index contributed by atoms with van der Waals surface area (Å²) in [5.74, 6) is 0.216. The van der Waals surface area contributed by atoms with Crippen LogP contribution in [0.2, 0.25) is 0 Å². The fourth-order valence-corrected chi connectivity index (χ4v) is 3.02. The Morgan fingerprint density at radius 1 is 1.26 bits per heavy atom. The van der Waals surface area contributed by atoms with Gasteiger partial charge in [0.1, 0.15) is 11.9 Å². The molecular formula is C20H26O3. The Morgan fingerprint density at radius 3 is 2.78 bits per heavy atom. The van der Waals surface area contributed by atoms with Gasteiger partial charge in [-0.1, -0.05) is 42.8 Å². The lowest BCUT2D eigenvalue weighted by atomic mass is 9.88. The minimum Gasteiger partial charge on any atom is -0.385 e. The molecule has 0 unspecified atom stereocenters. The number of rotatable bonds is 8. The van der Waals surface area contributed by atoms with Gasteiger partial charge < -0.3 is 5.11 Å². The molecule has 0 aliphatic heterocycles. The van der Waals surface area contributed by atoms with Gasteiger partial charge in [-0.25, -0.2) is 0 Å². The van der Waals surface area contributed by atoms with Crippen LogP contribution in [0.5, 0.6) is 0 Å². The average molecular weight is 314 g/mol. The quantitative estimate of drug-likeness (QED) is 0.588. The zero-order chi connectivity index (χ0) is 16.5. The van der Waals surface area contributed by atoms with Crippen LogP contribution < -0.4 is 0 Å². The minimum atomic E-state index is -0.915. The van der Waals surface area contributed by atoms with Gasteiger partial charge in [0.05, 0.1) is 0 Å². The topological polar surface area (TPSA) is 54.4 Å². The summed E-state index contributed by atoms with van der Waals surface area (Å²) >= 11 is 0. The molecule has 0 spiro atoms. The number of aryl methyl sites for hydroxylation is 1. The Bertz CT molecular complexity index is 533. The Balaban J connectivity index is 1.65. The number of unbranched alkanes of at least 4 members (excludes halogenated alkanes) is 1. The SMILES string of the molecule is O=C1CCC[C@H](/C=C/C(=O)[C@@H](O)CCCCc2ccccc2)C1. The third-order valence-electron chi connectivity index (χ3n) is 4.42. The van der Waals surface area contributed by atoms with Crippen molar-refractivity contribution in [3.63, 3.8) is 0 Å². The number of aliphatic hydroxyl groups is 1. The normalized spacial score (nSPS) is 19.9. The number of hydrogen-bond donors (Lipinski definition) is 1. The molecule has 1 aromatic carbocycles. The third-order valence-corrected chi connectivity index (χ3v) is 4.42. The summed E-state index contributed by atoms with van der Waals surface area (Å²) in [4.78, 5) is 23.3. The number of benzene rings is 1. The van der Waals surface area contributed by atoms with E-state index in [0.717, 1.165) is 32.1 Å². The molecule has 3 heteroatoms. The first-order valence-corrected chi connectivity index (χ1v) is 8.61. The molecule has 0 bridgehead atoms. The molecule has 3 nitrogen and oxygen atoms in total. The first kappa shape index (κ1) is 17.6. The van der Waals surface area contributed by atoms with Gasteiger partial charge in [-0.3, -0.25) is 9.59 Å². The van der Waals surface area contributed by atoms with E-state index >= 15 is 0 Å². The molecule has 0 heterocycles.